The molecule has 0 unspecified atom stereocenters. The molecule has 0 bridgehead atoms. The van der Waals surface area contributed by atoms with Gasteiger partial charge in [-0.2, -0.15) is 8.78 Å². The third kappa shape index (κ3) is 3.44. The molecule has 0 aliphatic heterocycles. The van der Waals surface area contributed by atoms with Crippen LogP contribution in [0.3, 0.4) is 0 Å². The monoisotopic (exact) mass is 327 g/mol. The topological polar surface area (TPSA) is 29.1 Å². The van der Waals surface area contributed by atoms with E-state index in [4.69, 9.17) is 0 Å². The molecule has 1 amide bonds. The maximum Gasteiger partial charge on any atom is 0.383 e. The smallest absolute Gasteiger partial charge is 0.344 e. The summed E-state index contributed by atoms with van der Waals surface area (Å²) in [4.78, 5) is 11.0. The van der Waals surface area contributed by atoms with E-state index in [9.17, 15) is 22.4 Å². The summed E-state index contributed by atoms with van der Waals surface area (Å²) >= 11 is 3.18. The summed E-state index contributed by atoms with van der Waals surface area (Å²) in [5, 5.41) is 1.86. The lowest BCUT2D eigenvalue weighted by atomic mass is 10.1. The minimum atomic E-state index is -4.68. The third-order valence-electron chi connectivity index (χ3n) is 2.27. The molecule has 0 radical (unpaired) electrons. The maximum atomic E-state index is 12.7. The SMILES string of the molecule is C[C@H](NC(=O)C(F)(F)C(F)F)c1cccc(Br)c1. The second-order valence-corrected chi connectivity index (χ2v) is 4.59. The Morgan fingerprint density at radius 3 is 2.50 bits per heavy atom. The van der Waals surface area contributed by atoms with Gasteiger partial charge in [-0.3, -0.25) is 4.79 Å². The summed E-state index contributed by atoms with van der Waals surface area (Å²) in [5.74, 6) is -6.66. The van der Waals surface area contributed by atoms with E-state index in [0.29, 0.717) is 10.0 Å². The molecule has 0 aromatic heterocycles. The molecule has 18 heavy (non-hydrogen) atoms. The fourth-order valence-corrected chi connectivity index (χ4v) is 1.67. The van der Waals surface area contributed by atoms with E-state index in [1.165, 1.54) is 6.92 Å². The predicted molar refractivity (Wildman–Crippen MR) is 61.7 cm³/mol. The fourth-order valence-electron chi connectivity index (χ4n) is 1.25. The first-order valence-corrected chi connectivity index (χ1v) is 5.77. The van der Waals surface area contributed by atoms with Crippen molar-refractivity contribution in [3.05, 3.63) is 34.3 Å². The number of rotatable bonds is 4. The molecule has 1 aromatic carbocycles. The molecule has 1 atom stereocenters. The van der Waals surface area contributed by atoms with Gasteiger partial charge in [0.1, 0.15) is 0 Å². The van der Waals surface area contributed by atoms with Crippen LogP contribution in [0, 0.1) is 0 Å². The highest BCUT2D eigenvalue weighted by Crippen LogP contribution is 2.25. The predicted octanol–water partition coefficient (Wildman–Crippen LogP) is 3.53. The van der Waals surface area contributed by atoms with Crippen LogP contribution in [0.2, 0.25) is 0 Å². The van der Waals surface area contributed by atoms with Crippen LogP contribution in [0.4, 0.5) is 17.6 Å². The van der Waals surface area contributed by atoms with E-state index in [-0.39, 0.29) is 0 Å². The van der Waals surface area contributed by atoms with Crippen molar-refractivity contribution in [1.82, 2.24) is 5.32 Å². The van der Waals surface area contributed by atoms with Gasteiger partial charge in [0, 0.05) is 4.47 Å². The van der Waals surface area contributed by atoms with Gasteiger partial charge in [0.2, 0.25) is 0 Å². The van der Waals surface area contributed by atoms with Crippen LogP contribution in [0.1, 0.15) is 18.5 Å². The molecular formula is C11H10BrF4NO. The summed E-state index contributed by atoms with van der Waals surface area (Å²) in [6, 6.07) is 5.76. The molecule has 0 aliphatic rings. The molecule has 0 heterocycles. The molecule has 0 saturated heterocycles. The number of nitrogens with one attached hydrogen (secondary N) is 1. The molecule has 1 rings (SSSR count). The minimum absolute atomic E-state index is 0.530. The van der Waals surface area contributed by atoms with Crippen LogP contribution in [0.25, 0.3) is 0 Å². The number of amides is 1. The van der Waals surface area contributed by atoms with E-state index in [0.717, 1.165) is 0 Å². The number of halogens is 5. The van der Waals surface area contributed by atoms with Crippen LogP contribution in [0.5, 0.6) is 0 Å². The second-order valence-electron chi connectivity index (χ2n) is 3.67. The van der Waals surface area contributed by atoms with Crippen LogP contribution < -0.4 is 5.32 Å². The number of hydrogen-bond donors (Lipinski definition) is 1. The molecule has 0 spiro atoms. The van der Waals surface area contributed by atoms with Gasteiger partial charge in [0.05, 0.1) is 6.04 Å². The third-order valence-corrected chi connectivity index (χ3v) is 2.77. The summed E-state index contributed by atoms with van der Waals surface area (Å²) in [7, 11) is 0. The number of carbonyl (C=O) groups is 1. The van der Waals surface area contributed by atoms with Gasteiger partial charge in [-0.25, -0.2) is 8.78 Å². The molecule has 0 saturated carbocycles. The van der Waals surface area contributed by atoms with E-state index < -0.39 is 24.3 Å². The number of carbonyl (C=O) groups excluding carboxylic acids is 1. The Bertz CT molecular complexity index is 439. The van der Waals surface area contributed by atoms with Gasteiger partial charge in [-0.15, -0.1) is 0 Å². The lowest BCUT2D eigenvalue weighted by Gasteiger charge is -2.19. The lowest BCUT2D eigenvalue weighted by Crippen LogP contribution is -2.45. The summed E-state index contributed by atoms with van der Waals surface area (Å²) in [6.07, 6.45) is -4.02. The largest absolute Gasteiger partial charge is 0.383 e. The zero-order chi connectivity index (χ0) is 13.9. The van der Waals surface area contributed by atoms with E-state index >= 15 is 0 Å². The quantitative estimate of drug-likeness (QED) is 0.842. The zero-order valence-corrected chi connectivity index (χ0v) is 10.8. The maximum absolute atomic E-state index is 12.7. The molecule has 0 aliphatic carbocycles. The summed E-state index contributed by atoms with van der Waals surface area (Å²) < 4.78 is 50.1. The first-order chi connectivity index (χ1) is 8.25. The van der Waals surface area contributed by atoms with Crippen LogP contribution in [0.15, 0.2) is 28.7 Å². The molecule has 2 nitrogen and oxygen atoms in total. The summed E-state index contributed by atoms with van der Waals surface area (Å²) in [6.45, 7) is 1.43. The van der Waals surface area contributed by atoms with Crippen molar-refractivity contribution in [1.29, 1.82) is 0 Å². The first-order valence-electron chi connectivity index (χ1n) is 4.97. The van der Waals surface area contributed by atoms with Crippen molar-refractivity contribution >= 4 is 21.8 Å². The normalized spacial score (nSPS) is 13.5. The Kier molecular flexibility index (Phi) is 4.72. The zero-order valence-electron chi connectivity index (χ0n) is 9.26. The van der Waals surface area contributed by atoms with E-state index in [1.807, 2.05) is 5.32 Å². The molecule has 100 valence electrons. The number of alkyl halides is 4. The Morgan fingerprint density at radius 1 is 1.39 bits per heavy atom. The van der Waals surface area contributed by atoms with Gasteiger partial charge >= 0.3 is 12.3 Å². The molecular weight excluding hydrogens is 318 g/mol. The average Bonchev–Trinajstić information content (AvgIpc) is 2.28. The van der Waals surface area contributed by atoms with Gasteiger partial charge in [-0.05, 0) is 24.6 Å². The Balaban J connectivity index is 2.77. The van der Waals surface area contributed by atoms with Gasteiger partial charge < -0.3 is 5.32 Å². The second kappa shape index (κ2) is 5.69. The average molecular weight is 328 g/mol. The van der Waals surface area contributed by atoms with Crippen LogP contribution in [-0.4, -0.2) is 18.3 Å². The number of hydrogen-bond acceptors (Lipinski definition) is 1. The van der Waals surface area contributed by atoms with E-state index in [1.54, 1.807) is 24.3 Å². The molecule has 1 N–H and O–H groups in total. The molecule has 1 aromatic rings. The standard InChI is InChI=1S/C11H10BrF4NO/c1-6(7-3-2-4-8(12)5-7)17-10(18)11(15,16)9(13)14/h2-6,9H,1H3,(H,17,18)/t6-/m0/s1. The fraction of sp³-hybridized carbons (Fsp3) is 0.364. The van der Waals surface area contributed by atoms with Crippen LogP contribution >= 0.6 is 15.9 Å². The van der Waals surface area contributed by atoms with Crippen molar-refractivity contribution in [2.24, 2.45) is 0 Å². The highest BCUT2D eigenvalue weighted by atomic mass is 79.9. The van der Waals surface area contributed by atoms with E-state index in [2.05, 4.69) is 15.9 Å². The van der Waals surface area contributed by atoms with Crippen molar-refractivity contribution in [3.8, 4) is 0 Å². The van der Waals surface area contributed by atoms with Crippen molar-refractivity contribution in [2.75, 3.05) is 0 Å². The highest BCUT2D eigenvalue weighted by Gasteiger charge is 2.49. The van der Waals surface area contributed by atoms with Crippen LogP contribution in [-0.2, 0) is 4.79 Å². The highest BCUT2D eigenvalue weighted by molar-refractivity contribution is 9.10. The van der Waals surface area contributed by atoms with Crippen molar-refractivity contribution < 1.29 is 22.4 Å². The van der Waals surface area contributed by atoms with Gasteiger partial charge in [0.15, 0.2) is 0 Å². The Hall–Kier alpha value is -1.11. The molecule has 7 heteroatoms. The summed E-state index contributed by atoms with van der Waals surface area (Å²) in [5.41, 5.74) is 0.530. The van der Waals surface area contributed by atoms with Crippen molar-refractivity contribution in [3.63, 3.8) is 0 Å². The Labute approximate surface area is 109 Å². The molecule has 0 fully saturated rings. The van der Waals surface area contributed by atoms with Crippen molar-refractivity contribution in [2.45, 2.75) is 25.3 Å². The lowest BCUT2D eigenvalue weighted by molar-refractivity contribution is -0.170. The first kappa shape index (κ1) is 14.9. The number of benzene rings is 1. The minimum Gasteiger partial charge on any atom is -0.344 e. The Morgan fingerprint density at radius 2 is 2.00 bits per heavy atom. The van der Waals surface area contributed by atoms with Gasteiger partial charge in [-0.1, -0.05) is 28.1 Å². The van der Waals surface area contributed by atoms with Gasteiger partial charge in [0.25, 0.3) is 5.91 Å².